The van der Waals surface area contributed by atoms with Gasteiger partial charge in [-0.1, -0.05) is 0 Å². The van der Waals surface area contributed by atoms with E-state index in [4.69, 9.17) is 0 Å². The molecule has 1 heterocycles. The van der Waals surface area contributed by atoms with E-state index in [-0.39, 0.29) is 24.5 Å². The average Bonchev–Trinajstić information content (AvgIpc) is 3.05. The first-order valence-electron chi connectivity index (χ1n) is 6.39. The first-order chi connectivity index (χ1) is 7.93. The minimum atomic E-state index is -3.27. The molecule has 2 atom stereocenters. The highest BCUT2D eigenvalue weighted by molar-refractivity contribution is 7.86. The van der Waals surface area contributed by atoms with Crippen molar-refractivity contribution in [2.45, 2.75) is 38.8 Å². The van der Waals surface area contributed by atoms with Crippen molar-refractivity contribution < 1.29 is 8.42 Å². The fourth-order valence-electron chi connectivity index (χ4n) is 2.29. The Morgan fingerprint density at radius 3 is 2.50 bits per heavy atom. The molecule has 0 spiro atoms. The van der Waals surface area contributed by atoms with E-state index in [1.165, 1.54) is 17.1 Å². The van der Waals surface area contributed by atoms with Crippen LogP contribution in [0.3, 0.4) is 0 Å². The summed E-state index contributed by atoms with van der Waals surface area (Å²) in [6.07, 6.45) is 2.35. The molecule has 0 amide bonds. The first kappa shape index (κ1) is 16.2. The molecule has 18 heavy (non-hydrogen) atoms. The zero-order valence-corrected chi connectivity index (χ0v) is 12.9. The first-order valence-corrected chi connectivity index (χ1v) is 7.79. The van der Waals surface area contributed by atoms with E-state index in [0.717, 1.165) is 6.54 Å². The van der Waals surface area contributed by atoms with Gasteiger partial charge in [0.25, 0.3) is 10.2 Å². The second kappa shape index (κ2) is 6.05. The van der Waals surface area contributed by atoms with Crippen LogP contribution in [0.1, 0.15) is 26.7 Å². The maximum absolute atomic E-state index is 12.4. The van der Waals surface area contributed by atoms with Crippen molar-refractivity contribution in [1.82, 2.24) is 13.9 Å². The van der Waals surface area contributed by atoms with Gasteiger partial charge in [-0.2, -0.15) is 17.0 Å². The van der Waals surface area contributed by atoms with Gasteiger partial charge in [-0.25, -0.2) is 0 Å². The summed E-state index contributed by atoms with van der Waals surface area (Å²) >= 11 is 0. The maximum Gasteiger partial charge on any atom is 0.282 e. The average molecular weight is 298 g/mol. The summed E-state index contributed by atoms with van der Waals surface area (Å²) in [7, 11) is -1.57. The molecule has 1 aliphatic heterocycles. The van der Waals surface area contributed by atoms with E-state index in [1.807, 2.05) is 13.8 Å². The predicted molar refractivity (Wildman–Crippen MR) is 75.2 cm³/mol. The molecule has 2 fully saturated rings. The summed E-state index contributed by atoms with van der Waals surface area (Å²) < 4.78 is 28.0. The van der Waals surface area contributed by atoms with E-state index in [2.05, 4.69) is 5.32 Å². The Labute approximate surface area is 116 Å². The standard InChI is InChI=1S/C11H23N3O2S.ClH/c1-9-10(2)14(7-6-12-9)17(15,16)13(3)8-11-4-5-11;/h9-12H,4-8H2,1-3H3;1H. The quantitative estimate of drug-likeness (QED) is 0.830. The van der Waals surface area contributed by atoms with Crippen LogP contribution in [0, 0.1) is 5.92 Å². The second-order valence-electron chi connectivity index (χ2n) is 5.33. The molecule has 0 aromatic heterocycles. The lowest BCUT2D eigenvalue weighted by atomic mass is 10.1. The lowest BCUT2D eigenvalue weighted by Crippen LogP contribution is -2.59. The normalized spacial score (nSPS) is 30.2. The van der Waals surface area contributed by atoms with Crippen LogP contribution in [0.2, 0.25) is 0 Å². The molecule has 2 aliphatic rings. The zero-order valence-electron chi connectivity index (χ0n) is 11.3. The number of nitrogens with zero attached hydrogens (tertiary/aromatic N) is 2. The van der Waals surface area contributed by atoms with E-state index in [9.17, 15) is 8.42 Å². The SMILES string of the molecule is CC1NCCN(S(=O)(=O)N(C)CC2CC2)C1C.Cl. The van der Waals surface area contributed by atoms with Crippen molar-refractivity contribution in [1.29, 1.82) is 0 Å². The molecular weight excluding hydrogens is 274 g/mol. The third-order valence-electron chi connectivity index (χ3n) is 3.88. The molecular formula is C11H24ClN3O2S. The summed E-state index contributed by atoms with van der Waals surface area (Å²) in [5, 5.41) is 3.30. The molecule has 5 nitrogen and oxygen atoms in total. The maximum atomic E-state index is 12.4. The monoisotopic (exact) mass is 297 g/mol. The lowest BCUT2D eigenvalue weighted by molar-refractivity contribution is 0.218. The van der Waals surface area contributed by atoms with Crippen molar-refractivity contribution >= 4 is 22.6 Å². The van der Waals surface area contributed by atoms with Crippen LogP contribution in [0.4, 0.5) is 0 Å². The third-order valence-corrected chi connectivity index (χ3v) is 5.92. The zero-order chi connectivity index (χ0) is 12.6. The van der Waals surface area contributed by atoms with Gasteiger partial charge in [-0.3, -0.25) is 0 Å². The highest BCUT2D eigenvalue weighted by Gasteiger charge is 2.37. The Kier molecular flexibility index (Phi) is 5.44. The fourth-order valence-corrected chi connectivity index (χ4v) is 3.97. The molecule has 1 saturated heterocycles. The summed E-state index contributed by atoms with van der Waals surface area (Å²) in [5.41, 5.74) is 0. The van der Waals surface area contributed by atoms with Gasteiger partial charge in [0.1, 0.15) is 0 Å². The van der Waals surface area contributed by atoms with Crippen molar-refractivity contribution in [2.24, 2.45) is 5.92 Å². The van der Waals surface area contributed by atoms with E-state index in [0.29, 0.717) is 19.0 Å². The van der Waals surface area contributed by atoms with Crippen LogP contribution in [-0.2, 0) is 10.2 Å². The topological polar surface area (TPSA) is 52.7 Å². The third kappa shape index (κ3) is 3.36. The number of nitrogens with one attached hydrogen (secondary N) is 1. The van der Waals surface area contributed by atoms with Gasteiger partial charge < -0.3 is 5.32 Å². The van der Waals surface area contributed by atoms with E-state index >= 15 is 0 Å². The Morgan fingerprint density at radius 1 is 1.33 bits per heavy atom. The van der Waals surface area contributed by atoms with Gasteiger partial charge in [-0.05, 0) is 32.6 Å². The van der Waals surface area contributed by atoms with E-state index in [1.54, 1.807) is 11.4 Å². The number of hydrogen-bond acceptors (Lipinski definition) is 3. The predicted octanol–water partition coefficient (Wildman–Crippen LogP) is 0.677. The Bertz CT molecular complexity index is 372. The largest absolute Gasteiger partial charge is 0.311 e. The summed E-state index contributed by atoms with van der Waals surface area (Å²) in [6.45, 7) is 5.99. The van der Waals surface area contributed by atoms with Crippen LogP contribution < -0.4 is 5.32 Å². The van der Waals surface area contributed by atoms with Crippen LogP contribution in [0.5, 0.6) is 0 Å². The molecule has 108 valence electrons. The Morgan fingerprint density at radius 2 is 1.94 bits per heavy atom. The van der Waals surface area contributed by atoms with Crippen molar-refractivity contribution in [3.8, 4) is 0 Å². The smallest absolute Gasteiger partial charge is 0.282 e. The van der Waals surface area contributed by atoms with Gasteiger partial charge in [0.2, 0.25) is 0 Å². The molecule has 7 heteroatoms. The molecule has 2 unspecified atom stereocenters. The Balaban J connectivity index is 0.00000162. The van der Waals surface area contributed by atoms with Crippen LogP contribution in [0.15, 0.2) is 0 Å². The summed E-state index contributed by atoms with van der Waals surface area (Å²) in [4.78, 5) is 0. The van der Waals surface area contributed by atoms with Gasteiger partial charge in [-0.15, -0.1) is 12.4 Å². The van der Waals surface area contributed by atoms with Crippen molar-refractivity contribution in [3.05, 3.63) is 0 Å². The molecule has 1 aliphatic carbocycles. The molecule has 0 radical (unpaired) electrons. The van der Waals surface area contributed by atoms with Crippen molar-refractivity contribution in [2.75, 3.05) is 26.7 Å². The highest BCUT2D eigenvalue weighted by Crippen LogP contribution is 2.30. The highest BCUT2D eigenvalue weighted by atomic mass is 35.5. The van der Waals surface area contributed by atoms with Crippen LogP contribution >= 0.6 is 12.4 Å². The van der Waals surface area contributed by atoms with Gasteiger partial charge in [0.05, 0.1) is 0 Å². The minimum absolute atomic E-state index is 0. The van der Waals surface area contributed by atoms with Crippen LogP contribution in [-0.4, -0.2) is 55.8 Å². The summed E-state index contributed by atoms with van der Waals surface area (Å²) in [6, 6.07) is 0.239. The Hall–Kier alpha value is 0.120. The van der Waals surface area contributed by atoms with Crippen molar-refractivity contribution in [3.63, 3.8) is 0 Å². The molecule has 0 bridgehead atoms. The molecule has 0 aromatic rings. The number of rotatable bonds is 4. The van der Waals surface area contributed by atoms with E-state index < -0.39 is 10.2 Å². The number of hydrogen-bond donors (Lipinski definition) is 1. The lowest BCUT2D eigenvalue weighted by Gasteiger charge is -2.39. The fraction of sp³-hybridized carbons (Fsp3) is 1.00. The molecule has 1 N–H and O–H groups in total. The number of piperazine rings is 1. The summed E-state index contributed by atoms with van der Waals surface area (Å²) in [5.74, 6) is 0.588. The van der Waals surface area contributed by atoms with Gasteiger partial charge in [0, 0.05) is 38.8 Å². The molecule has 0 aromatic carbocycles. The second-order valence-corrected chi connectivity index (χ2v) is 7.31. The molecule has 1 saturated carbocycles. The minimum Gasteiger partial charge on any atom is -0.311 e. The van der Waals surface area contributed by atoms with Gasteiger partial charge >= 0.3 is 0 Å². The van der Waals surface area contributed by atoms with Crippen LogP contribution in [0.25, 0.3) is 0 Å². The molecule has 2 rings (SSSR count). The van der Waals surface area contributed by atoms with Gasteiger partial charge in [0.15, 0.2) is 0 Å². The number of halogens is 1.